The fourth-order valence-electron chi connectivity index (χ4n) is 1.61. The largest absolute Gasteiger partial charge is 0.385 e. The average molecular weight is 196 g/mol. The van der Waals surface area contributed by atoms with E-state index in [4.69, 9.17) is 0 Å². The van der Waals surface area contributed by atoms with Gasteiger partial charge in [-0.15, -0.1) is 0 Å². The van der Waals surface area contributed by atoms with E-state index in [1.807, 2.05) is 6.92 Å². The standard InChI is InChI=1S/C12H17FO/c1-4-7-12(3,14)10-5-6-11(13)9(2)8-10/h5-6,8,14H,4,7H2,1-3H3/t12-/m0/s1. The lowest BCUT2D eigenvalue weighted by atomic mass is 9.90. The third-order valence-corrected chi connectivity index (χ3v) is 2.52. The smallest absolute Gasteiger partial charge is 0.126 e. The molecule has 0 aromatic heterocycles. The van der Waals surface area contributed by atoms with E-state index in [-0.39, 0.29) is 5.82 Å². The molecule has 14 heavy (non-hydrogen) atoms. The first-order chi connectivity index (χ1) is 6.47. The molecule has 1 nitrogen and oxygen atoms in total. The van der Waals surface area contributed by atoms with Crippen LogP contribution in [-0.2, 0) is 5.60 Å². The Morgan fingerprint density at radius 3 is 2.57 bits per heavy atom. The molecule has 0 spiro atoms. The second-order valence-electron chi connectivity index (χ2n) is 3.99. The van der Waals surface area contributed by atoms with E-state index < -0.39 is 5.60 Å². The predicted octanol–water partition coefficient (Wildman–Crippen LogP) is 3.14. The fraction of sp³-hybridized carbons (Fsp3) is 0.500. The van der Waals surface area contributed by atoms with Crippen LogP contribution < -0.4 is 0 Å². The normalized spacial score (nSPS) is 15.2. The summed E-state index contributed by atoms with van der Waals surface area (Å²) in [5, 5.41) is 10.1. The molecular weight excluding hydrogens is 179 g/mol. The fourth-order valence-corrected chi connectivity index (χ4v) is 1.61. The zero-order valence-electron chi connectivity index (χ0n) is 8.97. The Kier molecular flexibility index (Phi) is 3.27. The van der Waals surface area contributed by atoms with Crippen LogP contribution in [-0.4, -0.2) is 5.11 Å². The first-order valence-electron chi connectivity index (χ1n) is 4.96. The molecule has 0 heterocycles. The average Bonchev–Trinajstić information content (AvgIpc) is 2.09. The summed E-state index contributed by atoms with van der Waals surface area (Å²) >= 11 is 0. The van der Waals surface area contributed by atoms with E-state index in [0.29, 0.717) is 12.0 Å². The van der Waals surface area contributed by atoms with Crippen LogP contribution in [0.4, 0.5) is 4.39 Å². The van der Waals surface area contributed by atoms with Gasteiger partial charge in [0.2, 0.25) is 0 Å². The number of halogens is 1. The van der Waals surface area contributed by atoms with Gasteiger partial charge in [-0.25, -0.2) is 4.39 Å². The van der Waals surface area contributed by atoms with Crippen molar-refractivity contribution in [2.45, 2.75) is 39.2 Å². The summed E-state index contributed by atoms with van der Waals surface area (Å²) in [6, 6.07) is 4.78. The Bertz CT molecular complexity index is 318. The Balaban J connectivity index is 3.01. The molecule has 0 bridgehead atoms. The van der Waals surface area contributed by atoms with Crippen LogP contribution in [0.3, 0.4) is 0 Å². The van der Waals surface area contributed by atoms with Crippen molar-refractivity contribution in [1.29, 1.82) is 0 Å². The molecule has 1 aromatic carbocycles. The van der Waals surface area contributed by atoms with Crippen LogP contribution in [0.2, 0.25) is 0 Å². The van der Waals surface area contributed by atoms with Crippen molar-refractivity contribution in [1.82, 2.24) is 0 Å². The second kappa shape index (κ2) is 4.09. The van der Waals surface area contributed by atoms with Crippen molar-refractivity contribution in [3.63, 3.8) is 0 Å². The first-order valence-corrected chi connectivity index (χ1v) is 4.96. The first kappa shape index (κ1) is 11.2. The van der Waals surface area contributed by atoms with Gasteiger partial charge in [0.05, 0.1) is 5.60 Å². The lowest BCUT2D eigenvalue weighted by molar-refractivity contribution is 0.0468. The number of hydrogen-bond acceptors (Lipinski definition) is 1. The van der Waals surface area contributed by atoms with Crippen molar-refractivity contribution in [3.05, 3.63) is 35.1 Å². The minimum atomic E-state index is -0.840. The summed E-state index contributed by atoms with van der Waals surface area (Å²) in [5.41, 5.74) is 0.532. The third kappa shape index (κ3) is 2.32. The topological polar surface area (TPSA) is 20.2 Å². The molecule has 0 amide bonds. The van der Waals surface area contributed by atoms with Crippen molar-refractivity contribution in [2.75, 3.05) is 0 Å². The molecule has 78 valence electrons. The van der Waals surface area contributed by atoms with Gasteiger partial charge in [0, 0.05) is 0 Å². The third-order valence-electron chi connectivity index (χ3n) is 2.52. The lowest BCUT2D eigenvalue weighted by Crippen LogP contribution is -2.20. The van der Waals surface area contributed by atoms with Crippen molar-refractivity contribution < 1.29 is 9.50 Å². The summed E-state index contributed by atoms with van der Waals surface area (Å²) in [4.78, 5) is 0. The maximum atomic E-state index is 13.0. The summed E-state index contributed by atoms with van der Waals surface area (Å²) in [5.74, 6) is -0.221. The molecule has 0 radical (unpaired) electrons. The van der Waals surface area contributed by atoms with Crippen LogP contribution in [0.25, 0.3) is 0 Å². The van der Waals surface area contributed by atoms with Gasteiger partial charge < -0.3 is 5.11 Å². The molecule has 0 saturated carbocycles. The van der Waals surface area contributed by atoms with Gasteiger partial charge in [0.1, 0.15) is 5.82 Å². The maximum Gasteiger partial charge on any atom is 0.126 e. The highest BCUT2D eigenvalue weighted by Gasteiger charge is 2.22. The van der Waals surface area contributed by atoms with Crippen LogP contribution >= 0.6 is 0 Å². The molecule has 1 rings (SSSR count). The Labute approximate surface area is 84.6 Å². The Morgan fingerprint density at radius 2 is 2.07 bits per heavy atom. The molecule has 0 fully saturated rings. The zero-order chi connectivity index (χ0) is 10.8. The molecule has 0 aliphatic rings. The van der Waals surface area contributed by atoms with Crippen LogP contribution in [0.5, 0.6) is 0 Å². The van der Waals surface area contributed by atoms with Crippen molar-refractivity contribution in [2.24, 2.45) is 0 Å². The van der Waals surface area contributed by atoms with Gasteiger partial charge in [-0.1, -0.05) is 25.5 Å². The highest BCUT2D eigenvalue weighted by Crippen LogP contribution is 2.26. The summed E-state index contributed by atoms with van der Waals surface area (Å²) in [6.45, 7) is 5.49. The number of aliphatic hydroxyl groups is 1. The maximum absolute atomic E-state index is 13.0. The van der Waals surface area contributed by atoms with E-state index in [9.17, 15) is 9.50 Å². The molecule has 1 aromatic rings. The van der Waals surface area contributed by atoms with E-state index >= 15 is 0 Å². The molecular formula is C12H17FO. The quantitative estimate of drug-likeness (QED) is 0.787. The lowest BCUT2D eigenvalue weighted by Gasteiger charge is -2.23. The highest BCUT2D eigenvalue weighted by atomic mass is 19.1. The van der Waals surface area contributed by atoms with E-state index in [1.165, 1.54) is 6.07 Å². The van der Waals surface area contributed by atoms with Crippen LogP contribution in [0.15, 0.2) is 18.2 Å². The molecule has 0 aliphatic carbocycles. The Hall–Kier alpha value is -0.890. The number of rotatable bonds is 3. The highest BCUT2D eigenvalue weighted by molar-refractivity contribution is 5.28. The minimum absolute atomic E-state index is 0.221. The van der Waals surface area contributed by atoms with E-state index in [2.05, 4.69) is 0 Å². The molecule has 2 heteroatoms. The second-order valence-corrected chi connectivity index (χ2v) is 3.99. The van der Waals surface area contributed by atoms with Crippen LogP contribution in [0.1, 0.15) is 37.8 Å². The number of hydrogen-bond donors (Lipinski definition) is 1. The van der Waals surface area contributed by atoms with E-state index in [1.54, 1.807) is 26.0 Å². The zero-order valence-corrected chi connectivity index (χ0v) is 8.97. The number of aryl methyl sites for hydroxylation is 1. The predicted molar refractivity (Wildman–Crippen MR) is 55.6 cm³/mol. The van der Waals surface area contributed by atoms with Crippen molar-refractivity contribution in [3.8, 4) is 0 Å². The summed E-state index contributed by atoms with van der Waals surface area (Å²) < 4.78 is 13.0. The van der Waals surface area contributed by atoms with Gasteiger partial charge in [-0.2, -0.15) is 0 Å². The number of benzene rings is 1. The summed E-state index contributed by atoms with van der Waals surface area (Å²) in [6.07, 6.45) is 1.60. The molecule has 1 atom stereocenters. The summed E-state index contributed by atoms with van der Waals surface area (Å²) in [7, 11) is 0. The van der Waals surface area contributed by atoms with Crippen LogP contribution in [0, 0.1) is 12.7 Å². The van der Waals surface area contributed by atoms with E-state index in [0.717, 1.165) is 12.0 Å². The minimum Gasteiger partial charge on any atom is -0.385 e. The SMILES string of the molecule is CCC[C@](C)(O)c1ccc(F)c(C)c1. The molecule has 0 aliphatic heterocycles. The molecule has 1 N–H and O–H groups in total. The monoisotopic (exact) mass is 196 g/mol. The van der Waals surface area contributed by atoms with Gasteiger partial charge in [-0.3, -0.25) is 0 Å². The Morgan fingerprint density at radius 1 is 1.43 bits per heavy atom. The van der Waals surface area contributed by atoms with Gasteiger partial charge >= 0.3 is 0 Å². The van der Waals surface area contributed by atoms with Gasteiger partial charge in [0.15, 0.2) is 0 Å². The molecule has 0 saturated heterocycles. The van der Waals surface area contributed by atoms with Crippen molar-refractivity contribution >= 4 is 0 Å². The van der Waals surface area contributed by atoms with Gasteiger partial charge in [-0.05, 0) is 37.5 Å². The molecule has 0 unspecified atom stereocenters. The van der Waals surface area contributed by atoms with Gasteiger partial charge in [0.25, 0.3) is 0 Å².